The van der Waals surface area contributed by atoms with E-state index in [1.807, 2.05) is 6.08 Å². The highest BCUT2D eigenvalue weighted by atomic mass is 32.2. The molecular formula is C14H12N2O3S. The van der Waals surface area contributed by atoms with E-state index in [2.05, 4.69) is 4.99 Å². The van der Waals surface area contributed by atoms with Gasteiger partial charge in [0.1, 0.15) is 0 Å². The van der Waals surface area contributed by atoms with Gasteiger partial charge in [0, 0.05) is 11.8 Å². The summed E-state index contributed by atoms with van der Waals surface area (Å²) in [6.45, 7) is 0. The molecule has 102 valence electrons. The van der Waals surface area contributed by atoms with Crippen molar-refractivity contribution in [1.82, 2.24) is 0 Å². The molecule has 0 saturated carbocycles. The molecule has 20 heavy (non-hydrogen) atoms. The van der Waals surface area contributed by atoms with Crippen molar-refractivity contribution < 1.29 is 13.2 Å². The maximum absolute atomic E-state index is 12.6. The molecule has 2 aliphatic rings. The van der Waals surface area contributed by atoms with E-state index in [0.717, 1.165) is 6.42 Å². The van der Waals surface area contributed by atoms with E-state index in [9.17, 15) is 13.2 Å². The average Bonchev–Trinajstić information content (AvgIpc) is 2.55. The number of hydrogen-bond donors (Lipinski definition) is 1. The van der Waals surface area contributed by atoms with Crippen LogP contribution in [0.25, 0.3) is 0 Å². The summed E-state index contributed by atoms with van der Waals surface area (Å²) < 4.78 is 25.3. The van der Waals surface area contributed by atoms with E-state index in [4.69, 9.17) is 5.73 Å². The molecule has 3 rings (SSSR count). The highest BCUT2D eigenvalue weighted by Gasteiger charge is 2.28. The molecule has 0 aromatic heterocycles. The Hall–Kier alpha value is -2.21. The van der Waals surface area contributed by atoms with E-state index in [1.165, 1.54) is 18.2 Å². The van der Waals surface area contributed by atoms with Crippen LogP contribution in [0.3, 0.4) is 0 Å². The molecule has 0 spiro atoms. The first-order chi connectivity index (χ1) is 9.50. The minimum absolute atomic E-state index is 0.107. The Morgan fingerprint density at radius 2 is 2.10 bits per heavy atom. The highest BCUT2D eigenvalue weighted by molar-refractivity contribution is 7.95. The lowest BCUT2D eigenvalue weighted by molar-refractivity contribution is 0.1000. The van der Waals surface area contributed by atoms with Gasteiger partial charge in [0.15, 0.2) is 0 Å². The number of fused-ring (bicyclic) bond motifs is 1. The number of benzene rings is 1. The lowest BCUT2D eigenvalue weighted by Gasteiger charge is -2.11. The standard InChI is InChI=1S/C14H12N2O3S/c15-14(17)9-5-6-13-11(7-9)16-8-10-3-1-2-4-12(10)20(13,18)19/h2,4-8H,1,3H2,(H2,15,17). The summed E-state index contributed by atoms with van der Waals surface area (Å²) in [5.74, 6) is -0.609. The molecule has 1 aliphatic heterocycles. The van der Waals surface area contributed by atoms with E-state index in [0.29, 0.717) is 12.0 Å². The van der Waals surface area contributed by atoms with Gasteiger partial charge in [-0.3, -0.25) is 9.79 Å². The minimum Gasteiger partial charge on any atom is -0.366 e. The first-order valence-electron chi connectivity index (χ1n) is 6.13. The number of carbonyl (C=O) groups excluding carboxylic acids is 1. The SMILES string of the molecule is NC(=O)c1ccc2c(c1)N=CC1=C(C=CCC1)S2(=O)=O. The summed E-state index contributed by atoms with van der Waals surface area (Å²) >= 11 is 0. The monoisotopic (exact) mass is 288 g/mol. The van der Waals surface area contributed by atoms with Crippen LogP contribution < -0.4 is 5.73 Å². The molecule has 2 N–H and O–H groups in total. The number of hydrogen-bond acceptors (Lipinski definition) is 4. The van der Waals surface area contributed by atoms with Gasteiger partial charge in [-0.05, 0) is 42.7 Å². The molecule has 0 fully saturated rings. The second-order valence-electron chi connectivity index (χ2n) is 4.64. The van der Waals surface area contributed by atoms with Crippen LogP contribution in [0.1, 0.15) is 23.2 Å². The third-order valence-electron chi connectivity index (χ3n) is 3.35. The van der Waals surface area contributed by atoms with Crippen molar-refractivity contribution >= 4 is 27.6 Å². The molecular weight excluding hydrogens is 276 g/mol. The van der Waals surface area contributed by atoms with Crippen LogP contribution in [0.2, 0.25) is 0 Å². The zero-order valence-electron chi connectivity index (χ0n) is 10.5. The third-order valence-corrected chi connectivity index (χ3v) is 5.25. The molecule has 1 amide bonds. The Kier molecular flexibility index (Phi) is 2.83. The molecule has 1 aromatic rings. The Morgan fingerprint density at radius 1 is 1.30 bits per heavy atom. The highest BCUT2D eigenvalue weighted by Crippen LogP contribution is 2.36. The molecule has 5 nitrogen and oxygen atoms in total. The van der Waals surface area contributed by atoms with Crippen LogP contribution in [-0.4, -0.2) is 20.5 Å². The number of rotatable bonds is 1. The quantitative estimate of drug-likeness (QED) is 0.855. The fourth-order valence-electron chi connectivity index (χ4n) is 2.31. The summed E-state index contributed by atoms with van der Waals surface area (Å²) in [5, 5.41) is 0. The lowest BCUT2D eigenvalue weighted by Crippen LogP contribution is -2.12. The number of sulfone groups is 1. The van der Waals surface area contributed by atoms with Crippen molar-refractivity contribution in [2.75, 3.05) is 0 Å². The normalized spacial score (nSPS) is 19.2. The van der Waals surface area contributed by atoms with Gasteiger partial charge in [0.05, 0.1) is 15.5 Å². The van der Waals surface area contributed by atoms with Crippen LogP contribution in [0.4, 0.5) is 5.69 Å². The van der Waals surface area contributed by atoms with Gasteiger partial charge in [-0.15, -0.1) is 0 Å². The Bertz CT molecular complexity index is 802. The zero-order chi connectivity index (χ0) is 14.3. The van der Waals surface area contributed by atoms with Crippen molar-refractivity contribution in [3.8, 4) is 0 Å². The van der Waals surface area contributed by atoms with Crippen LogP contribution >= 0.6 is 0 Å². The summed E-state index contributed by atoms with van der Waals surface area (Å²) in [6.07, 6.45) is 6.46. The molecule has 1 aliphatic carbocycles. The molecule has 0 saturated heterocycles. The number of nitrogens with two attached hydrogens (primary N) is 1. The van der Waals surface area contributed by atoms with E-state index in [1.54, 1.807) is 12.3 Å². The summed E-state index contributed by atoms with van der Waals surface area (Å²) in [6, 6.07) is 4.21. The van der Waals surface area contributed by atoms with Gasteiger partial charge >= 0.3 is 0 Å². The Morgan fingerprint density at radius 3 is 2.85 bits per heavy atom. The van der Waals surface area contributed by atoms with E-state index < -0.39 is 15.7 Å². The topological polar surface area (TPSA) is 89.6 Å². The van der Waals surface area contributed by atoms with Crippen LogP contribution in [0, 0.1) is 0 Å². The first-order valence-corrected chi connectivity index (χ1v) is 7.61. The van der Waals surface area contributed by atoms with Crippen molar-refractivity contribution in [2.45, 2.75) is 17.7 Å². The van der Waals surface area contributed by atoms with Crippen LogP contribution in [0.5, 0.6) is 0 Å². The van der Waals surface area contributed by atoms with Gasteiger partial charge < -0.3 is 5.73 Å². The van der Waals surface area contributed by atoms with E-state index in [-0.39, 0.29) is 21.1 Å². The van der Waals surface area contributed by atoms with Gasteiger partial charge in [0.25, 0.3) is 0 Å². The molecule has 0 bridgehead atoms. The maximum Gasteiger partial charge on any atom is 0.248 e. The molecule has 0 radical (unpaired) electrons. The number of primary amides is 1. The minimum atomic E-state index is -3.61. The second-order valence-corrected chi connectivity index (χ2v) is 6.53. The largest absolute Gasteiger partial charge is 0.366 e. The molecule has 1 heterocycles. The van der Waals surface area contributed by atoms with Crippen molar-refractivity contribution in [2.24, 2.45) is 10.7 Å². The second kappa shape index (κ2) is 4.42. The predicted octanol–water partition coefficient (Wildman–Crippen LogP) is 1.88. The van der Waals surface area contributed by atoms with Gasteiger partial charge in [-0.2, -0.15) is 0 Å². The van der Waals surface area contributed by atoms with Gasteiger partial charge in [0.2, 0.25) is 15.7 Å². The van der Waals surface area contributed by atoms with E-state index >= 15 is 0 Å². The molecule has 0 atom stereocenters. The average molecular weight is 288 g/mol. The van der Waals surface area contributed by atoms with Crippen LogP contribution in [-0.2, 0) is 9.84 Å². The van der Waals surface area contributed by atoms with Crippen molar-refractivity contribution in [3.05, 3.63) is 46.4 Å². The first kappa shape index (κ1) is 12.8. The van der Waals surface area contributed by atoms with Crippen molar-refractivity contribution in [3.63, 3.8) is 0 Å². The van der Waals surface area contributed by atoms with Gasteiger partial charge in [-0.25, -0.2) is 8.42 Å². The lowest BCUT2D eigenvalue weighted by atomic mass is 10.1. The van der Waals surface area contributed by atoms with Crippen molar-refractivity contribution in [1.29, 1.82) is 0 Å². The molecule has 6 heteroatoms. The Labute approximate surface area is 116 Å². The number of allylic oxidation sites excluding steroid dienone is 3. The smallest absolute Gasteiger partial charge is 0.248 e. The summed E-state index contributed by atoms with van der Waals surface area (Å²) in [4.78, 5) is 15.8. The number of amides is 1. The zero-order valence-corrected chi connectivity index (χ0v) is 11.4. The summed E-state index contributed by atoms with van der Waals surface area (Å²) in [5.41, 5.74) is 6.40. The fraction of sp³-hybridized carbons (Fsp3) is 0.143. The fourth-order valence-corrected chi connectivity index (χ4v) is 3.96. The number of nitrogens with zero attached hydrogens (tertiary/aromatic N) is 1. The Balaban J connectivity index is 2.26. The predicted molar refractivity (Wildman–Crippen MR) is 75.7 cm³/mol. The summed E-state index contributed by atoms with van der Waals surface area (Å²) in [7, 11) is -3.61. The maximum atomic E-state index is 12.6. The third kappa shape index (κ3) is 1.89. The van der Waals surface area contributed by atoms with Crippen LogP contribution in [0.15, 0.2) is 50.7 Å². The number of carbonyl (C=O) groups is 1. The molecule has 1 aromatic carbocycles. The molecule has 0 unspecified atom stereocenters. The van der Waals surface area contributed by atoms with Gasteiger partial charge in [-0.1, -0.05) is 6.08 Å². The number of aliphatic imine (C=N–C) groups is 1.